The van der Waals surface area contributed by atoms with Gasteiger partial charge < -0.3 is 14.4 Å². The van der Waals surface area contributed by atoms with Gasteiger partial charge in [0.05, 0.1) is 22.9 Å². The molecule has 0 spiro atoms. The number of benzene rings is 3. The maximum Gasteiger partial charge on any atom is 0.271 e. The van der Waals surface area contributed by atoms with E-state index in [-0.39, 0.29) is 11.5 Å². The lowest BCUT2D eigenvalue weighted by Gasteiger charge is -2.29. The summed E-state index contributed by atoms with van der Waals surface area (Å²) in [5.41, 5.74) is 3.43. The van der Waals surface area contributed by atoms with Gasteiger partial charge in [0.15, 0.2) is 4.80 Å². The van der Waals surface area contributed by atoms with Crippen molar-refractivity contribution in [1.29, 1.82) is 0 Å². The summed E-state index contributed by atoms with van der Waals surface area (Å²) in [5, 5.41) is 0. The Morgan fingerprint density at radius 3 is 2.34 bits per heavy atom. The van der Waals surface area contributed by atoms with Gasteiger partial charge in [-0.05, 0) is 44.5 Å². The molecule has 1 atom stereocenters. The van der Waals surface area contributed by atoms with Crippen LogP contribution in [-0.2, 0) is 11.4 Å². The highest BCUT2D eigenvalue weighted by Gasteiger charge is 2.35. The van der Waals surface area contributed by atoms with Crippen molar-refractivity contribution in [3.05, 3.63) is 127 Å². The number of hydrogen-bond donors (Lipinski definition) is 0. The molecule has 3 aromatic carbocycles. The zero-order valence-corrected chi connectivity index (χ0v) is 24.5. The lowest BCUT2D eigenvalue weighted by molar-refractivity contribution is -0.127. The SMILES string of the molecule is CCN(CC)C(=O)C1=C(C)N=c2s/c(=C/c3ccccc3OCc3ccccc3)c(=O)n2[C@H]1c1ccccc1OC. The minimum absolute atomic E-state index is 0.138. The fraction of sp³-hybridized carbons (Fsp3) is 0.242. The van der Waals surface area contributed by atoms with E-state index in [2.05, 4.69) is 0 Å². The van der Waals surface area contributed by atoms with Crippen molar-refractivity contribution in [1.82, 2.24) is 9.47 Å². The summed E-state index contributed by atoms with van der Waals surface area (Å²) in [4.78, 5) is 35.0. The summed E-state index contributed by atoms with van der Waals surface area (Å²) in [6.45, 7) is 7.24. The molecule has 0 unspecified atom stereocenters. The summed E-state index contributed by atoms with van der Waals surface area (Å²) in [5.74, 6) is 1.14. The molecular formula is C33H33N3O4S. The molecule has 2 heterocycles. The smallest absolute Gasteiger partial charge is 0.271 e. The third-order valence-electron chi connectivity index (χ3n) is 7.18. The van der Waals surface area contributed by atoms with Crippen molar-refractivity contribution in [2.24, 2.45) is 4.99 Å². The van der Waals surface area contributed by atoms with Crippen LogP contribution in [-0.4, -0.2) is 35.6 Å². The second-order valence-electron chi connectivity index (χ2n) is 9.61. The predicted molar refractivity (Wildman–Crippen MR) is 162 cm³/mol. The quantitative estimate of drug-likeness (QED) is 0.294. The molecule has 0 radical (unpaired) electrons. The Morgan fingerprint density at radius 2 is 1.63 bits per heavy atom. The van der Waals surface area contributed by atoms with Gasteiger partial charge in [0, 0.05) is 24.2 Å². The third kappa shape index (κ3) is 5.60. The van der Waals surface area contributed by atoms with E-state index >= 15 is 0 Å². The highest BCUT2D eigenvalue weighted by atomic mass is 32.1. The standard InChI is InChI=1S/C33H33N3O4S/c1-5-35(6-2)32(38)29-22(3)34-33-36(30(29)25-17-11-13-19-27(25)39-4)31(37)28(41-33)20-24-16-10-12-18-26(24)40-21-23-14-8-7-9-15-23/h7-20,30H,5-6,21H2,1-4H3/b28-20+/t30-/m0/s1. The highest BCUT2D eigenvalue weighted by molar-refractivity contribution is 7.07. The Bertz CT molecular complexity index is 1770. The van der Waals surface area contributed by atoms with Crippen molar-refractivity contribution in [2.75, 3.05) is 20.2 Å². The first kappa shape index (κ1) is 28.1. The lowest BCUT2D eigenvalue weighted by atomic mass is 9.94. The largest absolute Gasteiger partial charge is 0.496 e. The molecule has 0 saturated heterocycles. The third-order valence-corrected chi connectivity index (χ3v) is 8.16. The van der Waals surface area contributed by atoms with Gasteiger partial charge in [0.25, 0.3) is 11.5 Å². The topological polar surface area (TPSA) is 73.1 Å². The highest BCUT2D eigenvalue weighted by Crippen LogP contribution is 2.36. The van der Waals surface area contributed by atoms with Gasteiger partial charge in [-0.25, -0.2) is 4.99 Å². The number of allylic oxidation sites excluding steroid dienone is 1. The second-order valence-corrected chi connectivity index (χ2v) is 10.6. The van der Waals surface area contributed by atoms with Crippen molar-refractivity contribution >= 4 is 23.3 Å². The molecule has 7 nitrogen and oxygen atoms in total. The second kappa shape index (κ2) is 12.4. The molecule has 8 heteroatoms. The van der Waals surface area contributed by atoms with Crippen LogP contribution in [0, 0.1) is 0 Å². The van der Waals surface area contributed by atoms with E-state index in [9.17, 15) is 9.59 Å². The molecule has 1 aliphatic heterocycles. The number of thiazole rings is 1. The number of para-hydroxylation sites is 2. The number of aromatic nitrogens is 1. The molecule has 0 saturated carbocycles. The number of amides is 1. The molecule has 0 fully saturated rings. The molecule has 210 valence electrons. The van der Waals surface area contributed by atoms with Gasteiger partial charge in [-0.15, -0.1) is 0 Å². The van der Waals surface area contributed by atoms with Crippen LogP contribution in [0.15, 0.2) is 99.9 Å². The number of methoxy groups -OCH3 is 1. The molecule has 1 aromatic heterocycles. The first-order chi connectivity index (χ1) is 20.0. The van der Waals surface area contributed by atoms with Gasteiger partial charge in [-0.1, -0.05) is 78.1 Å². The van der Waals surface area contributed by atoms with E-state index in [1.165, 1.54) is 11.3 Å². The first-order valence-electron chi connectivity index (χ1n) is 13.7. The average Bonchev–Trinajstić information content (AvgIpc) is 3.30. The molecule has 4 aromatic rings. The van der Waals surface area contributed by atoms with Crippen molar-refractivity contribution in [3.63, 3.8) is 0 Å². The monoisotopic (exact) mass is 567 g/mol. The van der Waals surface area contributed by atoms with Crippen LogP contribution < -0.4 is 24.4 Å². The Kier molecular flexibility index (Phi) is 8.50. The number of rotatable bonds is 9. The summed E-state index contributed by atoms with van der Waals surface area (Å²) < 4.78 is 14.0. The van der Waals surface area contributed by atoms with Crippen molar-refractivity contribution in [2.45, 2.75) is 33.4 Å². The number of nitrogens with zero attached hydrogens (tertiary/aromatic N) is 3. The minimum Gasteiger partial charge on any atom is -0.496 e. The molecule has 41 heavy (non-hydrogen) atoms. The number of likely N-dealkylation sites (N-methyl/N-ethyl adjacent to an activating group) is 1. The Labute approximate surface area is 243 Å². The summed E-state index contributed by atoms with van der Waals surface area (Å²) in [7, 11) is 1.59. The number of fused-ring (bicyclic) bond motifs is 1. The van der Waals surface area contributed by atoms with Crippen LogP contribution in [0.2, 0.25) is 0 Å². The Hall–Kier alpha value is -4.43. The summed E-state index contributed by atoms with van der Waals surface area (Å²) in [6.07, 6.45) is 1.84. The van der Waals surface area contributed by atoms with Crippen LogP contribution in [0.1, 0.15) is 43.5 Å². The van der Waals surface area contributed by atoms with Crippen LogP contribution in [0.3, 0.4) is 0 Å². The Morgan fingerprint density at radius 1 is 0.976 bits per heavy atom. The van der Waals surface area contributed by atoms with E-state index in [0.717, 1.165) is 16.7 Å². The number of carbonyl (C=O) groups is 1. The molecule has 0 N–H and O–H groups in total. The average molecular weight is 568 g/mol. The fourth-order valence-corrected chi connectivity index (χ4v) is 6.11. The number of carbonyl (C=O) groups excluding carboxylic acids is 1. The minimum atomic E-state index is -0.678. The molecule has 5 rings (SSSR count). The van der Waals surface area contributed by atoms with Gasteiger partial charge >= 0.3 is 0 Å². The van der Waals surface area contributed by atoms with Crippen molar-refractivity contribution in [3.8, 4) is 11.5 Å². The van der Waals surface area contributed by atoms with Gasteiger partial charge in [-0.2, -0.15) is 0 Å². The zero-order chi connectivity index (χ0) is 28.9. The maximum atomic E-state index is 14.1. The van der Waals surface area contributed by atoms with Gasteiger partial charge in [0.2, 0.25) is 0 Å². The molecule has 0 aliphatic carbocycles. The maximum absolute atomic E-state index is 14.1. The lowest BCUT2D eigenvalue weighted by Crippen LogP contribution is -2.43. The van der Waals surface area contributed by atoms with Crippen molar-refractivity contribution < 1.29 is 14.3 Å². The van der Waals surface area contributed by atoms with E-state index < -0.39 is 6.04 Å². The normalized spacial score (nSPS) is 14.8. The van der Waals surface area contributed by atoms with E-state index in [4.69, 9.17) is 14.5 Å². The molecular weight excluding hydrogens is 534 g/mol. The fourth-order valence-electron chi connectivity index (χ4n) is 5.07. The number of hydrogen-bond acceptors (Lipinski definition) is 6. The molecule has 1 amide bonds. The summed E-state index contributed by atoms with van der Waals surface area (Å²) in [6, 6.07) is 24.4. The molecule has 1 aliphatic rings. The van der Waals surface area contributed by atoms with Crippen LogP contribution in [0.5, 0.6) is 11.5 Å². The first-order valence-corrected chi connectivity index (χ1v) is 14.5. The number of ether oxygens (including phenoxy) is 2. The summed E-state index contributed by atoms with van der Waals surface area (Å²) >= 11 is 1.30. The van der Waals surface area contributed by atoms with Gasteiger partial charge in [-0.3, -0.25) is 14.2 Å². The zero-order valence-electron chi connectivity index (χ0n) is 23.7. The predicted octanol–water partition coefficient (Wildman–Crippen LogP) is 4.69. The van der Waals surface area contributed by atoms with Gasteiger partial charge in [0.1, 0.15) is 24.1 Å². The van der Waals surface area contributed by atoms with E-state index in [1.54, 1.807) is 16.6 Å². The van der Waals surface area contributed by atoms with Crippen LogP contribution in [0.4, 0.5) is 0 Å². The van der Waals surface area contributed by atoms with Crippen LogP contribution >= 0.6 is 11.3 Å². The molecule has 0 bridgehead atoms. The van der Waals surface area contributed by atoms with E-state index in [1.807, 2.05) is 106 Å². The van der Waals surface area contributed by atoms with Crippen LogP contribution in [0.25, 0.3) is 6.08 Å². The Balaban J connectivity index is 1.65. The van der Waals surface area contributed by atoms with E-state index in [0.29, 0.717) is 51.8 Å².